The van der Waals surface area contributed by atoms with E-state index in [9.17, 15) is 4.79 Å². The maximum absolute atomic E-state index is 11.6. The minimum absolute atomic E-state index is 0.0986. The van der Waals surface area contributed by atoms with Crippen LogP contribution in [0.4, 0.5) is 0 Å². The molecule has 116 valence electrons. The van der Waals surface area contributed by atoms with Gasteiger partial charge in [0.15, 0.2) is 0 Å². The summed E-state index contributed by atoms with van der Waals surface area (Å²) >= 11 is 0. The lowest BCUT2D eigenvalue weighted by atomic mass is 10.0. The van der Waals surface area contributed by atoms with Crippen LogP contribution in [0.15, 0.2) is 54.6 Å². The van der Waals surface area contributed by atoms with Gasteiger partial charge in [0.2, 0.25) is 0 Å². The number of esters is 1. The highest BCUT2D eigenvalue weighted by Gasteiger charge is 2.16. The fourth-order valence-electron chi connectivity index (χ4n) is 2.23. The maximum Gasteiger partial charge on any atom is 0.307 e. The van der Waals surface area contributed by atoms with E-state index in [2.05, 4.69) is 17.4 Å². The van der Waals surface area contributed by atoms with E-state index in [1.54, 1.807) is 7.11 Å². The van der Waals surface area contributed by atoms with E-state index in [4.69, 9.17) is 9.47 Å². The van der Waals surface area contributed by atoms with Crippen LogP contribution in [0.1, 0.15) is 23.6 Å². The molecule has 0 unspecified atom stereocenters. The third-order valence-electron chi connectivity index (χ3n) is 3.51. The zero-order chi connectivity index (χ0) is 15.8. The Morgan fingerprint density at radius 1 is 1.05 bits per heavy atom. The number of carbonyl (C=O) groups is 1. The van der Waals surface area contributed by atoms with Crippen molar-refractivity contribution in [3.63, 3.8) is 0 Å². The fourth-order valence-corrected chi connectivity index (χ4v) is 2.23. The molecule has 0 bridgehead atoms. The summed E-state index contributed by atoms with van der Waals surface area (Å²) in [7, 11) is 3.04. The van der Waals surface area contributed by atoms with Gasteiger partial charge in [-0.25, -0.2) is 0 Å². The summed E-state index contributed by atoms with van der Waals surface area (Å²) in [6.45, 7) is 0.689. The first kappa shape index (κ1) is 16.0. The average Bonchev–Trinajstić information content (AvgIpc) is 2.59. The lowest BCUT2D eigenvalue weighted by molar-refractivity contribution is -0.141. The van der Waals surface area contributed by atoms with E-state index in [1.165, 1.54) is 12.7 Å². The molecule has 4 nitrogen and oxygen atoms in total. The highest BCUT2D eigenvalue weighted by atomic mass is 16.5. The van der Waals surface area contributed by atoms with Crippen molar-refractivity contribution in [2.45, 2.75) is 19.0 Å². The number of methoxy groups -OCH3 is 2. The number of hydrogen-bond acceptors (Lipinski definition) is 4. The molecule has 0 saturated heterocycles. The van der Waals surface area contributed by atoms with Gasteiger partial charge < -0.3 is 14.8 Å². The second-order valence-electron chi connectivity index (χ2n) is 4.97. The van der Waals surface area contributed by atoms with E-state index >= 15 is 0 Å². The molecule has 0 aliphatic heterocycles. The molecule has 0 heterocycles. The van der Waals surface area contributed by atoms with Crippen LogP contribution in [0, 0.1) is 0 Å². The summed E-state index contributed by atoms with van der Waals surface area (Å²) in [6, 6.07) is 17.7. The van der Waals surface area contributed by atoms with Crippen LogP contribution in [-0.4, -0.2) is 20.2 Å². The SMILES string of the molecule is COC(=O)C[C@@H](NCc1ccccc1)c1ccc(OC)cc1. The van der Waals surface area contributed by atoms with Crippen molar-refractivity contribution < 1.29 is 14.3 Å². The van der Waals surface area contributed by atoms with Gasteiger partial charge in [-0.15, -0.1) is 0 Å². The maximum atomic E-state index is 11.6. The predicted molar refractivity (Wildman–Crippen MR) is 85.6 cm³/mol. The van der Waals surface area contributed by atoms with E-state index < -0.39 is 0 Å². The Kier molecular flexibility index (Phi) is 5.98. The Labute approximate surface area is 131 Å². The normalized spacial score (nSPS) is 11.7. The lowest BCUT2D eigenvalue weighted by Crippen LogP contribution is -2.24. The molecular weight excluding hydrogens is 278 g/mol. The molecule has 0 saturated carbocycles. The van der Waals surface area contributed by atoms with Gasteiger partial charge in [0.25, 0.3) is 0 Å². The monoisotopic (exact) mass is 299 g/mol. The smallest absolute Gasteiger partial charge is 0.307 e. The topological polar surface area (TPSA) is 47.6 Å². The largest absolute Gasteiger partial charge is 0.497 e. The Morgan fingerprint density at radius 3 is 2.32 bits per heavy atom. The quantitative estimate of drug-likeness (QED) is 0.798. The van der Waals surface area contributed by atoms with Gasteiger partial charge in [-0.2, -0.15) is 0 Å². The van der Waals surface area contributed by atoms with Crippen LogP contribution in [0.25, 0.3) is 0 Å². The molecule has 0 aromatic heterocycles. The molecule has 2 aromatic carbocycles. The van der Waals surface area contributed by atoms with Crippen molar-refractivity contribution >= 4 is 5.97 Å². The fraction of sp³-hybridized carbons (Fsp3) is 0.278. The summed E-state index contributed by atoms with van der Waals surface area (Å²) < 4.78 is 9.96. The Morgan fingerprint density at radius 2 is 1.73 bits per heavy atom. The van der Waals surface area contributed by atoms with Crippen molar-refractivity contribution in [2.75, 3.05) is 14.2 Å². The van der Waals surface area contributed by atoms with Gasteiger partial charge in [-0.05, 0) is 23.3 Å². The molecule has 0 fully saturated rings. The van der Waals surface area contributed by atoms with Crippen LogP contribution < -0.4 is 10.1 Å². The molecule has 22 heavy (non-hydrogen) atoms. The van der Waals surface area contributed by atoms with Crippen LogP contribution in [-0.2, 0) is 16.1 Å². The number of nitrogens with one attached hydrogen (secondary N) is 1. The summed E-state index contributed by atoms with van der Waals surface area (Å²) in [6.07, 6.45) is 0.287. The molecular formula is C18H21NO3. The number of rotatable bonds is 7. The molecule has 0 spiro atoms. The van der Waals surface area contributed by atoms with Crippen molar-refractivity contribution in [1.29, 1.82) is 0 Å². The number of benzene rings is 2. The first-order valence-corrected chi connectivity index (χ1v) is 7.21. The Bertz CT molecular complexity index is 581. The van der Waals surface area contributed by atoms with Gasteiger partial charge >= 0.3 is 5.97 Å². The first-order valence-electron chi connectivity index (χ1n) is 7.21. The van der Waals surface area contributed by atoms with E-state index in [0.29, 0.717) is 6.54 Å². The molecule has 0 aliphatic carbocycles. The standard InChI is InChI=1S/C18H21NO3/c1-21-16-10-8-15(9-11-16)17(12-18(20)22-2)19-13-14-6-4-3-5-7-14/h3-11,17,19H,12-13H2,1-2H3/t17-/m1/s1. The molecule has 0 amide bonds. The Hall–Kier alpha value is -2.33. The molecule has 2 rings (SSSR count). The molecule has 1 N–H and O–H groups in total. The van der Waals surface area contributed by atoms with Gasteiger partial charge in [0.1, 0.15) is 5.75 Å². The van der Waals surface area contributed by atoms with Crippen molar-refractivity contribution in [3.05, 3.63) is 65.7 Å². The van der Waals surface area contributed by atoms with Crippen molar-refractivity contribution in [2.24, 2.45) is 0 Å². The summed E-state index contributed by atoms with van der Waals surface area (Å²) in [5, 5.41) is 3.41. The average molecular weight is 299 g/mol. The number of hydrogen-bond donors (Lipinski definition) is 1. The van der Waals surface area contributed by atoms with Crippen molar-refractivity contribution in [1.82, 2.24) is 5.32 Å². The third kappa shape index (κ3) is 4.60. The minimum atomic E-state index is -0.235. The predicted octanol–water partition coefficient (Wildman–Crippen LogP) is 3.09. The highest BCUT2D eigenvalue weighted by Crippen LogP contribution is 2.21. The van der Waals surface area contributed by atoms with E-state index in [1.807, 2.05) is 42.5 Å². The highest BCUT2D eigenvalue weighted by molar-refractivity contribution is 5.70. The molecule has 1 atom stereocenters. The second-order valence-corrected chi connectivity index (χ2v) is 4.97. The van der Waals surface area contributed by atoms with Gasteiger partial charge in [-0.1, -0.05) is 42.5 Å². The van der Waals surface area contributed by atoms with Crippen molar-refractivity contribution in [3.8, 4) is 5.75 Å². The van der Waals surface area contributed by atoms with Crippen LogP contribution in [0.2, 0.25) is 0 Å². The zero-order valence-corrected chi connectivity index (χ0v) is 12.9. The molecule has 0 radical (unpaired) electrons. The number of ether oxygens (including phenoxy) is 2. The summed E-state index contributed by atoms with van der Waals surface area (Å²) in [5.74, 6) is 0.560. The summed E-state index contributed by atoms with van der Waals surface area (Å²) in [5.41, 5.74) is 2.20. The van der Waals surface area contributed by atoms with Gasteiger partial charge in [0.05, 0.1) is 20.6 Å². The summed E-state index contributed by atoms with van der Waals surface area (Å²) in [4.78, 5) is 11.6. The van der Waals surface area contributed by atoms with Gasteiger partial charge in [0, 0.05) is 12.6 Å². The second kappa shape index (κ2) is 8.20. The lowest BCUT2D eigenvalue weighted by Gasteiger charge is -2.18. The Balaban J connectivity index is 2.09. The van der Waals surface area contributed by atoms with E-state index in [-0.39, 0.29) is 18.4 Å². The molecule has 0 aliphatic rings. The molecule has 4 heteroatoms. The van der Waals surface area contributed by atoms with E-state index in [0.717, 1.165) is 11.3 Å². The van der Waals surface area contributed by atoms with Crippen LogP contribution in [0.5, 0.6) is 5.75 Å². The van der Waals surface area contributed by atoms with Crippen LogP contribution >= 0.6 is 0 Å². The first-order chi connectivity index (χ1) is 10.7. The van der Waals surface area contributed by atoms with Crippen LogP contribution in [0.3, 0.4) is 0 Å². The van der Waals surface area contributed by atoms with Gasteiger partial charge in [-0.3, -0.25) is 4.79 Å². The minimum Gasteiger partial charge on any atom is -0.497 e. The number of carbonyl (C=O) groups excluding carboxylic acids is 1. The molecule has 2 aromatic rings. The third-order valence-corrected chi connectivity index (χ3v) is 3.51. The zero-order valence-electron chi connectivity index (χ0n) is 12.9.